The molecule has 0 heterocycles. The lowest BCUT2D eigenvalue weighted by Gasteiger charge is -2.32. The highest BCUT2D eigenvalue weighted by Crippen LogP contribution is 2.25. The van der Waals surface area contributed by atoms with Crippen molar-refractivity contribution in [3.8, 4) is 0 Å². The first-order valence-corrected chi connectivity index (χ1v) is 5.82. The Balaban J connectivity index is 2.93. The molecule has 0 fully saturated rings. The van der Waals surface area contributed by atoms with Gasteiger partial charge in [-0.3, -0.25) is 0 Å². The van der Waals surface area contributed by atoms with E-state index in [1.54, 1.807) is 0 Å². The summed E-state index contributed by atoms with van der Waals surface area (Å²) in [5.41, 5.74) is 8.42. The molecule has 3 nitrogen and oxygen atoms in total. The van der Waals surface area contributed by atoms with Gasteiger partial charge in [0.25, 0.3) is 0 Å². The van der Waals surface area contributed by atoms with Crippen LogP contribution in [0.1, 0.15) is 32.3 Å². The van der Waals surface area contributed by atoms with Crippen LogP contribution in [0.15, 0.2) is 18.2 Å². The first kappa shape index (κ1) is 12.8. The zero-order valence-corrected chi connectivity index (χ0v) is 10.4. The summed E-state index contributed by atoms with van der Waals surface area (Å²) in [5.74, 6) is 0. The number of aliphatic hydroxyl groups is 1. The van der Waals surface area contributed by atoms with Crippen molar-refractivity contribution in [2.45, 2.75) is 39.2 Å². The van der Waals surface area contributed by atoms with Crippen LogP contribution in [0.2, 0.25) is 0 Å². The lowest BCUT2D eigenvalue weighted by Crippen LogP contribution is -2.41. The van der Waals surface area contributed by atoms with Crippen molar-refractivity contribution in [3.63, 3.8) is 0 Å². The molecule has 1 aromatic carbocycles. The van der Waals surface area contributed by atoms with Crippen LogP contribution < -0.4 is 11.1 Å². The molecule has 0 aliphatic rings. The highest BCUT2D eigenvalue weighted by Gasteiger charge is 2.25. The van der Waals surface area contributed by atoms with Crippen molar-refractivity contribution >= 4 is 11.4 Å². The molecule has 0 unspecified atom stereocenters. The standard InChI is InChI=1S/C13H22N2O/c1-4-13(5-2,9-16)15-12-7-6-11(14)8-10(12)3/h6-8,15-16H,4-5,9,14H2,1-3H3. The first-order chi connectivity index (χ1) is 7.56. The van der Waals surface area contributed by atoms with Crippen LogP contribution >= 0.6 is 0 Å². The van der Waals surface area contributed by atoms with Crippen LogP contribution in [0.5, 0.6) is 0 Å². The van der Waals surface area contributed by atoms with Crippen LogP contribution in [0.25, 0.3) is 0 Å². The number of nitrogens with two attached hydrogens (primary N) is 1. The maximum Gasteiger partial charge on any atom is 0.0661 e. The monoisotopic (exact) mass is 222 g/mol. The summed E-state index contributed by atoms with van der Waals surface area (Å²) in [5, 5.41) is 12.9. The Morgan fingerprint density at radius 2 is 1.94 bits per heavy atom. The number of nitrogen functional groups attached to an aromatic ring is 1. The zero-order chi connectivity index (χ0) is 12.2. The molecule has 1 rings (SSSR count). The Morgan fingerprint density at radius 1 is 1.31 bits per heavy atom. The summed E-state index contributed by atoms with van der Waals surface area (Å²) in [7, 11) is 0. The average molecular weight is 222 g/mol. The van der Waals surface area contributed by atoms with E-state index in [1.807, 2.05) is 25.1 Å². The fourth-order valence-corrected chi connectivity index (χ4v) is 1.80. The molecule has 4 N–H and O–H groups in total. The number of hydrogen-bond donors (Lipinski definition) is 3. The molecule has 1 aromatic rings. The maximum absolute atomic E-state index is 9.50. The second-order valence-corrected chi connectivity index (χ2v) is 4.34. The van der Waals surface area contributed by atoms with Gasteiger partial charge >= 0.3 is 0 Å². The predicted molar refractivity (Wildman–Crippen MR) is 69.6 cm³/mol. The summed E-state index contributed by atoms with van der Waals surface area (Å²) in [6.45, 7) is 6.33. The fraction of sp³-hybridized carbons (Fsp3) is 0.538. The van der Waals surface area contributed by atoms with E-state index in [0.29, 0.717) is 0 Å². The van der Waals surface area contributed by atoms with Gasteiger partial charge in [-0.05, 0) is 43.5 Å². The summed E-state index contributed by atoms with van der Waals surface area (Å²) >= 11 is 0. The fourth-order valence-electron chi connectivity index (χ4n) is 1.80. The van der Waals surface area contributed by atoms with Crippen molar-refractivity contribution in [2.75, 3.05) is 17.7 Å². The maximum atomic E-state index is 9.50. The molecule has 0 atom stereocenters. The Kier molecular flexibility index (Phi) is 4.19. The van der Waals surface area contributed by atoms with Crippen molar-refractivity contribution in [1.82, 2.24) is 0 Å². The van der Waals surface area contributed by atoms with E-state index in [0.717, 1.165) is 29.8 Å². The van der Waals surface area contributed by atoms with E-state index in [1.165, 1.54) is 0 Å². The Labute approximate surface area is 97.7 Å². The summed E-state index contributed by atoms with van der Waals surface area (Å²) in [6.07, 6.45) is 1.79. The highest BCUT2D eigenvalue weighted by molar-refractivity contribution is 5.58. The summed E-state index contributed by atoms with van der Waals surface area (Å²) in [4.78, 5) is 0. The third-order valence-electron chi connectivity index (χ3n) is 3.31. The normalized spacial score (nSPS) is 11.5. The molecule has 0 amide bonds. The molecule has 0 aliphatic carbocycles. The summed E-state index contributed by atoms with van der Waals surface area (Å²) in [6, 6.07) is 5.79. The van der Waals surface area contributed by atoms with Gasteiger partial charge in [0, 0.05) is 11.4 Å². The first-order valence-electron chi connectivity index (χ1n) is 5.82. The van der Waals surface area contributed by atoms with Crippen LogP contribution in [0.4, 0.5) is 11.4 Å². The van der Waals surface area contributed by atoms with Crippen LogP contribution in [-0.2, 0) is 0 Å². The largest absolute Gasteiger partial charge is 0.399 e. The van der Waals surface area contributed by atoms with Gasteiger partial charge in [0.2, 0.25) is 0 Å². The van der Waals surface area contributed by atoms with Crippen LogP contribution in [0, 0.1) is 6.92 Å². The highest BCUT2D eigenvalue weighted by atomic mass is 16.3. The molecule has 16 heavy (non-hydrogen) atoms. The van der Waals surface area contributed by atoms with Crippen molar-refractivity contribution < 1.29 is 5.11 Å². The number of hydrogen-bond acceptors (Lipinski definition) is 3. The van der Waals surface area contributed by atoms with Crippen LogP contribution in [0.3, 0.4) is 0 Å². The van der Waals surface area contributed by atoms with E-state index < -0.39 is 0 Å². The summed E-state index contributed by atoms with van der Waals surface area (Å²) < 4.78 is 0. The number of aryl methyl sites for hydroxylation is 1. The smallest absolute Gasteiger partial charge is 0.0661 e. The molecule has 90 valence electrons. The van der Waals surface area contributed by atoms with E-state index >= 15 is 0 Å². The predicted octanol–water partition coefficient (Wildman–Crippen LogP) is 2.54. The lowest BCUT2D eigenvalue weighted by molar-refractivity contribution is 0.202. The number of rotatable bonds is 5. The van der Waals surface area contributed by atoms with Crippen LogP contribution in [-0.4, -0.2) is 17.3 Å². The molecule has 0 saturated heterocycles. The number of anilines is 2. The quantitative estimate of drug-likeness (QED) is 0.671. The number of aliphatic hydroxyl groups excluding tert-OH is 1. The van der Waals surface area contributed by atoms with Crippen molar-refractivity contribution in [2.24, 2.45) is 0 Å². The molecule has 0 aliphatic heterocycles. The van der Waals surface area contributed by atoms with Crippen molar-refractivity contribution in [1.29, 1.82) is 0 Å². The van der Waals surface area contributed by atoms with Gasteiger partial charge in [-0.1, -0.05) is 13.8 Å². The molecule has 0 aromatic heterocycles. The van der Waals surface area contributed by atoms with E-state index in [9.17, 15) is 5.11 Å². The minimum Gasteiger partial charge on any atom is -0.399 e. The van der Waals surface area contributed by atoms with Gasteiger partial charge < -0.3 is 16.2 Å². The molecule has 0 saturated carbocycles. The minimum atomic E-state index is -0.221. The van der Waals surface area contributed by atoms with Gasteiger partial charge in [-0.25, -0.2) is 0 Å². The second-order valence-electron chi connectivity index (χ2n) is 4.34. The van der Waals surface area contributed by atoms with E-state index in [4.69, 9.17) is 5.73 Å². The van der Waals surface area contributed by atoms with Gasteiger partial charge in [0.1, 0.15) is 0 Å². The number of nitrogens with one attached hydrogen (secondary N) is 1. The SMILES string of the molecule is CCC(CC)(CO)Nc1ccc(N)cc1C. The molecule has 0 bridgehead atoms. The molecular formula is C13H22N2O. The molecule has 0 spiro atoms. The minimum absolute atomic E-state index is 0.143. The second kappa shape index (κ2) is 5.21. The van der Waals surface area contributed by atoms with Gasteiger partial charge in [0.15, 0.2) is 0 Å². The van der Waals surface area contributed by atoms with Gasteiger partial charge in [0.05, 0.1) is 12.1 Å². The Morgan fingerprint density at radius 3 is 2.38 bits per heavy atom. The van der Waals surface area contributed by atoms with E-state index in [-0.39, 0.29) is 12.1 Å². The topological polar surface area (TPSA) is 58.3 Å². The third kappa shape index (κ3) is 2.67. The van der Waals surface area contributed by atoms with Gasteiger partial charge in [-0.15, -0.1) is 0 Å². The van der Waals surface area contributed by atoms with Crippen molar-refractivity contribution in [3.05, 3.63) is 23.8 Å². The van der Waals surface area contributed by atoms with Gasteiger partial charge in [-0.2, -0.15) is 0 Å². The molecule has 0 radical (unpaired) electrons. The average Bonchev–Trinajstić information content (AvgIpc) is 2.29. The third-order valence-corrected chi connectivity index (χ3v) is 3.31. The van der Waals surface area contributed by atoms with E-state index in [2.05, 4.69) is 19.2 Å². The number of benzene rings is 1. The Hall–Kier alpha value is -1.22. The molecular weight excluding hydrogens is 200 g/mol. The Bertz CT molecular complexity index is 338. The molecule has 3 heteroatoms. The lowest BCUT2D eigenvalue weighted by atomic mass is 9.93. The zero-order valence-electron chi connectivity index (χ0n) is 10.4.